The Morgan fingerprint density at radius 1 is 1.43 bits per heavy atom. The summed E-state index contributed by atoms with van der Waals surface area (Å²) in [5.41, 5.74) is 7.01. The van der Waals surface area contributed by atoms with Crippen LogP contribution in [0.1, 0.15) is 5.56 Å². The Morgan fingerprint density at radius 2 is 2.19 bits per heavy atom. The molecule has 0 saturated heterocycles. The number of nitrogens with zero attached hydrogens (tertiary/aromatic N) is 3. The van der Waals surface area contributed by atoms with Gasteiger partial charge >= 0.3 is 5.69 Å². The molecular weight excluding hydrogens is 294 g/mol. The van der Waals surface area contributed by atoms with Crippen molar-refractivity contribution in [3.63, 3.8) is 0 Å². The van der Waals surface area contributed by atoms with E-state index in [1.165, 1.54) is 18.3 Å². The Labute approximate surface area is 125 Å². The summed E-state index contributed by atoms with van der Waals surface area (Å²) in [4.78, 5) is 18.1. The Morgan fingerprint density at radius 3 is 2.90 bits per heavy atom. The molecule has 2 rings (SSSR count). The van der Waals surface area contributed by atoms with Crippen LogP contribution in [0.15, 0.2) is 41.5 Å². The van der Waals surface area contributed by atoms with E-state index in [9.17, 15) is 10.1 Å². The minimum Gasteiger partial charge on any atom is -0.369 e. The van der Waals surface area contributed by atoms with Crippen LogP contribution < -0.4 is 11.1 Å². The monoisotopic (exact) mass is 305 g/mol. The van der Waals surface area contributed by atoms with Crippen LogP contribution in [-0.2, 0) is 0 Å². The van der Waals surface area contributed by atoms with Gasteiger partial charge in [0.1, 0.15) is 0 Å². The van der Waals surface area contributed by atoms with E-state index in [0.717, 1.165) is 5.56 Å². The SMILES string of the molecule is Cc1c(Cl)cccc1N/C(N)=N/c1ncccc1[N+](=O)[O-]. The van der Waals surface area contributed by atoms with E-state index in [4.69, 9.17) is 17.3 Å². The van der Waals surface area contributed by atoms with Gasteiger partial charge in [-0.3, -0.25) is 10.1 Å². The van der Waals surface area contributed by atoms with E-state index in [2.05, 4.69) is 15.3 Å². The molecule has 1 heterocycles. The predicted molar refractivity (Wildman–Crippen MR) is 82.0 cm³/mol. The topological polar surface area (TPSA) is 106 Å². The summed E-state index contributed by atoms with van der Waals surface area (Å²) in [6.07, 6.45) is 1.41. The van der Waals surface area contributed by atoms with Crippen molar-refractivity contribution >= 4 is 34.8 Å². The second kappa shape index (κ2) is 6.19. The molecule has 0 aliphatic carbocycles. The largest absolute Gasteiger partial charge is 0.369 e. The highest BCUT2D eigenvalue weighted by Crippen LogP contribution is 2.25. The average Bonchev–Trinajstić information content (AvgIpc) is 2.44. The van der Waals surface area contributed by atoms with Crippen LogP contribution in [-0.4, -0.2) is 15.9 Å². The molecule has 0 atom stereocenters. The molecule has 0 saturated carbocycles. The lowest BCUT2D eigenvalue weighted by atomic mass is 10.2. The fourth-order valence-electron chi connectivity index (χ4n) is 1.64. The second-order valence-corrected chi connectivity index (χ2v) is 4.54. The van der Waals surface area contributed by atoms with Gasteiger partial charge in [0.05, 0.1) is 4.92 Å². The van der Waals surface area contributed by atoms with Gasteiger partial charge in [-0.15, -0.1) is 0 Å². The molecule has 21 heavy (non-hydrogen) atoms. The minimum atomic E-state index is -0.566. The van der Waals surface area contributed by atoms with E-state index in [-0.39, 0.29) is 17.5 Å². The third-order valence-corrected chi connectivity index (χ3v) is 3.13. The van der Waals surface area contributed by atoms with E-state index in [1.54, 1.807) is 18.2 Å². The molecule has 0 bridgehead atoms. The Balaban J connectivity index is 2.30. The highest BCUT2D eigenvalue weighted by Gasteiger charge is 2.14. The first-order valence-electron chi connectivity index (χ1n) is 5.94. The van der Waals surface area contributed by atoms with Crippen LogP contribution in [0.5, 0.6) is 0 Å². The quantitative estimate of drug-likeness (QED) is 0.392. The first-order valence-corrected chi connectivity index (χ1v) is 6.32. The lowest BCUT2D eigenvalue weighted by Crippen LogP contribution is -2.22. The van der Waals surface area contributed by atoms with E-state index >= 15 is 0 Å². The van der Waals surface area contributed by atoms with Crippen LogP contribution in [0.25, 0.3) is 0 Å². The summed E-state index contributed by atoms with van der Waals surface area (Å²) in [6, 6.07) is 8.05. The maximum atomic E-state index is 10.9. The van der Waals surface area contributed by atoms with E-state index < -0.39 is 4.92 Å². The van der Waals surface area contributed by atoms with Crippen molar-refractivity contribution in [3.05, 3.63) is 57.2 Å². The zero-order valence-corrected chi connectivity index (χ0v) is 11.8. The summed E-state index contributed by atoms with van der Waals surface area (Å²) in [5, 5.41) is 14.3. The molecule has 1 aromatic carbocycles. The van der Waals surface area contributed by atoms with Gasteiger partial charge in [-0.25, -0.2) is 4.98 Å². The summed E-state index contributed by atoms with van der Waals surface area (Å²) < 4.78 is 0. The molecule has 2 aromatic rings. The van der Waals surface area contributed by atoms with Gasteiger partial charge in [0.25, 0.3) is 0 Å². The normalized spacial score (nSPS) is 11.2. The molecule has 8 heteroatoms. The van der Waals surface area contributed by atoms with Crippen molar-refractivity contribution in [3.8, 4) is 0 Å². The first kappa shape index (κ1) is 14.7. The minimum absolute atomic E-state index is 0.0119. The Kier molecular flexibility index (Phi) is 4.34. The van der Waals surface area contributed by atoms with E-state index in [0.29, 0.717) is 10.7 Å². The standard InChI is InChI=1S/C13H12ClN5O2/c1-8-9(14)4-2-5-10(8)17-13(15)18-12-11(19(20)21)6-3-7-16-12/h2-7H,1H3,(H3,15,16,17,18). The van der Waals surface area contributed by atoms with Gasteiger partial charge in [0, 0.05) is 23.0 Å². The van der Waals surface area contributed by atoms with Gasteiger partial charge in [-0.2, -0.15) is 4.99 Å². The van der Waals surface area contributed by atoms with Crippen LogP contribution in [0.2, 0.25) is 5.02 Å². The number of nitro groups is 1. The molecule has 0 unspecified atom stereocenters. The fraction of sp³-hybridized carbons (Fsp3) is 0.0769. The smallest absolute Gasteiger partial charge is 0.313 e. The molecule has 0 fully saturated rings. The number of hydrogen-bond acceptors (Lipinski definition) is 4. The first-order chi connectivity index (χ1) is 9.99. The van der Waals surface area contributed by atoms with Crippen LogP contribution >= 0.6 is 11.6 Å². The van der Waals surface area contributed by atoms with Crippen LogP contribution in [0.4, 0.5) is 17.2 Å². The number of anilines is 1. The van der Waals surface area contributed by atoms with Gasteiger partial charge in [0.15, 0.2) is 5.96 Å². The maximum Gasteiger partial charge on any atom is 0.313 e. The number of aromatic nitrogens is 1. The number of nitrogens with one attached hydrogen (secondary N) is 1. The van der Waals surface area contributed by atoms with Crippen molar-refractivity contribution in [2.45, 2.75) is 6.92 Å². The lowest BCUT2D eigenvalue weighted by molar-refractivity contribution is -0.384. The summed E-state index contributed by atoms with van der Waals surface area (Å²) in [6.45, 7) is 1.82. The number of aliphatic imine (C=N–C) groups is 1. The third-order valence-electron chi connectivity index (χ3n) is 2.72. The number of benzene rings is 1. The summed E-state index contributed by atoms with van der Waals surface area (Å²) in [7, 11) is 0. The molecular formula is C13H12ClN5O2. The number of nitrogens with two attached hydrogens (primary N) is 1. The molecule has 108 valence electrons. The van der Waals surface area contributed by atoms with Crippen molar-refractivity contribution in [1.82, 2.24) is 4.98 Å². The molecule has 0 radical (unpaired) electrons. The number of hydrogen-bond donors (Lipinski definition) is 2. The molecule has 0 spiro atoms. The van der Waals surface area contributed by atoms with Gasteiger partial charge in [-0.1, -0.05) is 17.7 Å². The summed E-state index contributed by atoms with van der Waals surface area (Å²) >= 11 is 6.00. The average molecular weight is 306 g/mol. The third kappa shape index (κ3) is 3.46. The molecule has 0 aliphatic rings. The number of pyridine rings is 1. The lowest BCUT2D eigenvalue weighted by Gasteiger charge is -2.09. The number of halogens is 1. The highest BCUT2D eigenvalue weighted by molar-refractivity contribution is 6.31. The molecule has 1 aromatic heterocycles. The molecule has 0 aliphatic heterocycles. The van der Waals surface area contributed by atoms with Crippen LogP contribution in [0, 0.1) is 17.0 Å². The fourth-order valence-corrected chi connectivity index (χ4v) is 1.81. The molecule has 7 nitrogen and oxygen atoms in total. The Bertz CT molecular complexity index is 717. The van der Waals surface area contributed by atoms with Crippen molar-refractivity contribution in [2.24, 2.45) is 10.7 Å². The second-order valence-electron chi connectivity index (χ2n) is 4.14. The van der Waals surface area contributed by atoms with Crippen molar-refractivity contribution < 1.29 is 4.92 Å². The maximum absolute atomic E-state index is 10.9. The van der Waals surface area contributed by atoms with Crippen molar-refractivity contribution in [1.29, 1.82) is 0 Å². The van der Waals surface area contributed by atoms with Crippen molar-refractivity contribution in [2.75, 3.05) is 5.32 Å². The zero-order valence-electron chi connectivity index (χ0n) is 11.1. The van der Waals surface area contributed by atoms with Crippen LogP contribution in [0.3, 0.4) is 0 Å². The molecule has 0 amide bonds. The van der Waals surface area contributed by atoms with Gasteiger partial charge in [0.2, 0.25) is 5.82 Å². The Hall–Kier alpha value is -2.67. The number of guanidine groups is 1. The van der Waals surface area contributed by atoms with Gasteiger partial charge in [-0.05, 0) is 30.7 Å². The number of rotatable bonds is 3. The summed E-state index contributed by atoms with van der Waals surface area (Å²) in [5.74, 6) is -0.0747. The zero-order chi connectivity index (χ0) is 15.4. The highest BCUT2D eigenvalue weighted by atomic mass is 35.5. The van der Waals surface area contributed by atoms with E-state index in [1.807, 2.05) is 6.92 Å². The molecule has 3 N–H and O–H groups in total. The predicted octanol–water partition coefficient (Wildman–Crippen LogP) is 3.01. The van der Waals surface area contributed by atoms with Gasteiger partial charge < -0.3 is 11.1 Å².